The molecule has 1 fully saturated rings. The molecule has 2 heterocycles. The third-order valence-electron chi connectivity index (χ3n) is 3.29. The normalized spacial score (nSPS) is 29.3. The first-order valence-corrected chi connectivity index (χ1v) is 5.81. The summed E-state index contributed by atoms with van der Waals surface area (Å²) in [4.78, 5) is 14.9. The number of anilines is 1. The van der Waals surface area contributed by atoms with Crippen molar-refractivity contribution in [2.45, 2.75) is 30.8 Å². The number of aliphatic hydroxyl groups excluding tert-OH is 2. The number of hydrogen-bond donors (Lipinski definition) is 3. The van der Waals surface area contributed by atoms with Crippen LogP contribution in [0.4, 0.5) is 10.2 Å². The number of nitrogens with two attached hydrogens (primary N) is 1. The molecule has 0 aliphatic carbocycles. The Labute approximate surface area is 112 Å². The molecule has 3 atom stereocenters. The van der Waals surface area contributed by atoms with E-state index in [1.807, 2.05) is 0 Å². The highest BCUT2D eigenvalue weighted by Gasteiger charge is 2.48. The van der Waals surface area contributed by atoms with E-state index in [1.165, 1.54) is 0 Å². The standard InChI is InChI=1S/C11H13FN4O4/c12-6-4-16(10(19)15-9(6)14)8-3-7(18)11(5-17,20-8)1-2-13/h4,7-8,17-18H,1,3,5H2,(H2,14,15,19)/t7-,8+,11+/m0/s1. The number of nitrogen functional groups attached to an aromatic ring is 1. The average Bonchev–Trinajstić information content (AvgIpc) is 2.72. The Morgan fingerprint density at radius 2 is 2.45 bits per heavy atom. The van der Waals surface area contributed by atoms with Gasteiger partial charge in [-0.3, -0.25) is 4.57 Å². The number of nitrogens with zero attached hydrogens (tertiary/aromatic N) is 3. The third-order valence-corrected chi connectivity index (χ3v) is 3.29. The molecule has 0 amide bonds. The Morgan fingerprint density at radius 3 is 3.05 bits per heavy atom. The molecule has 4 N–H and O–H groups in total. The van der Waals surface area contributed by atoms with Crippen LogP contribution in [-0.2, 0) is 4.74 Å². The molecular weight excluding hydrogens is 271 g/mol. The van der Waals surface area contributed by atoms with Crippen molar-refractivity contribution < 1.29 is 19.3 Å². The Bertz CT molecular complexity index is 613. The smallest absolute Gasteiger partial charge is 0.351 e. The van der Waals surface area contributed by atoms with Crippen LogP contribution in [0, 0.1) is 17.1 Å². The van der Waals surface area contributed by atoms with Crippen LogP contribution in [-0.4, -0.2) is 38.1 Å². The minimum absolute atomic E-state index is 0.0762. The maximum atomic E-state index is 13.4. The van der Waals surface area contributed by atoms with E-state index in [4.69, 9.17) is 15.7 Å². The molecule has 0 spiro atoms. The van der Waals surface area contributed by atoms with Crippen molar-refractivity contribution in [2.24, 2.45) is 0 Å². The predicted molar refractivity (Wildman–Crippen MR) is 63.7 cm³/mol. The summed E-state index contributed by atoms with van der Waals surface area (Å²) in [5.41, 5.74) is 2.84. The molecule has 20 heavy (non-hydrogen) atoms. The molecular formula is C11H13FN4O4. The largest absolute Gasteiger partial charge is 0.393 e. The van der Waals surface area contributed by atoms with Gasteiger partial charge in [0.25, 0.3) is 0 Å². The Morgan fingerprint density at radius 1 is 1.75 bits per heavy atom. The third kappa shape index (κ3) is 2.24. The van der Waals surface area contributed by atoms with Crippen LogP contribution in [0.25, 0.3) is 0 Å². The Balaban J connectivity index is 2.36. The van der Waals surface area contributed by atoms with Crippen LogP contribution in [0.2, 0.25) is 0 Å². The Kier molecular flexibility index (Phi) is 3.71. The first-order chi connectivity index (χ1) is 9.43. The molecule has 1 aromatic heterocycles. The van der Waals surface area contributed by atoms with Crippen molar-refractivity contribution in [2.75, 3.05) is 12.3 Å². The monoisotopic (exact) mass is 284 g/mol. The molecule has 2 rings (SSSR count). The van der Waals surface area contributed by atoms with E-state index in [0.29, 0.717) is 0 Å². The average molecular weight is 284 g/mol. The molecule has 1 aliphatic rings. The molecule has 0 unspecified atom stereocenters. The predicted octanol–water partition coefficient (Wildman–Crippen LogP) is -1.11. The highest BCUT2D eigenvalue weighted by Crippen LogP contribution is 2.38. The molecule has 0 saturated carbocycles. The lowest BCUT2D eigenvalue weighted by atomic mass is 9.94. The number of rotatable bonds is 3. The van der Waals surface area contributed by atoms with Gasteiger partial charge in [0.1, 0.15) is 11.8 Å². The van der Waals surface area contributed by atoms with Gasteiger partial charge in [-0.05, 0) is 0 Å². The molecule has 1 aromatic rings. The maximum absolute atomic E-state index is 13.4. The number of nitriles is 1. The van der Waals surface area contributed by atoms with Crippen molar-refractivity contribution >= 4 is 5.82 Å². The van der Waals surface area contributed by atoms with E-state index in [1.54, 1.807) is 6.07 Å². The van der Waals surface area contributed by atoms with Crippen molar-refractivity contribution in [3.8, 4) is 6.07 Å². The lowest BCUT2D eigenvalue weighted by molar-refractivity contribution is -0.125. The van der Waals surface area contributed by atoms with Gasteiger partial charge < -0.3 is 20.7 Å². The van der Waals surface area contributed by atoms with Crippen molar-refractivity contribution in [1.82, 2.24) is 9.55 Å². The zero-order valence-corrected chi connectivity index (χ0v) is 10.4. The molecule has 1 aliphatic heterocycles. The minimum Gasteiger partial charge on any atom is -0.393 e. The summed E-state index contributed by atoms with van der Waals surface area (Å²) in [5, 5.41) is 28.0. The zero-order valence-electron chi connectivity index (χ0n) is 10.4. The van der Waals surface area contributed by atoms with E-state index in [9.17, 15) is 19.4 Å². The van der Waals surface area contributed by atoms with E-state index < -0.39 is 41.9 Å². The number of aromatic nitrogens is 2. The molecule has 1 saturated heterocycles. The second-order valence-electron chi connectivity index (χ2n) is 4.55. The van der Waals surface area contributed by atoms with Gasteiger partial charge in [0.2, 0.25) is 0 Å². The fourth-order valence-electron chi connectivity index (χ4n) is 2.13. The fraction of sp³-hybridized carbons (Fsp3) is 0.545. The van der Waals surface area contributed by atoms with Gasteiger partial charge in [-0.15, -0.1) is 0 Å². The van der Waals surface area contributed by atoms with Gasteiger partial charge in [-0.25, -0.2) is 9.18 Å². The van der Waals surface area contributed by atoms with Crippen molar-refractivity contribution in [1.29, 1.82) is 5.26 Å². The SMILES string of the molecule is N#CC[C@]1(CO)O[C@@H](n2cc(F)c(N)nc2=O)C[C@@H]1O. The lowest BCUT2D eigenvalue weighted by Crippen LogP contribution is -2.43. The maximum Gasteiger partial charge on any atom is 0.351 e. The number of aliphatic hydroxyl groups is 2. The molecule has 0 aromatic carbocycles. The second kappa shape index (κ2) is 5.16. The van der Waals surface area contributed by atoms with E-state index in [2.05, 4.69) is 4.98 Å². The molecule has 108 valence electrons. The van der Waals surface area contributed by atoms with Gasteiger partial charge in [0.05, 0.1) is 31.4 Å². The van der Waals surface area contributed by atoms with Crippen molar-refractivity contribution in [3.63, 3.8) is 0 Å². The topological polar surface area (TPSA) is 134 Å². The van der Waals surface area contributed by atoms with Gasteiger partial charge in [0, 0.05) is 6.42 Å². The molecule has 8 nitrogen and oxygen atoms in total. The van der Waals surface area contributed by atoms with E-state index in [-0.39, 0.29) is 12.8 Å². The Hall–Kier alpha value is -2.02. The number of ether oxygens (including phenoxy) is 1. The lowest BCUT2D eigenvalue weighted by Gasteiger charge is -2.27. The van der Waals surface area contributed by atoms with Crippen molar-refractivity contribution in [3.05, 3.63) is 22.5 Å². The van der Waals surface area contributed by atoms with Crippen LogP contribution >= 0.6 is 0 Å². The summed E-state index contributed by atoms with van der Waals surface area (Å²) < 4.78 is 19.6. The zero-order chi connectivity index (χ0) is 14.9. The summed E-state index contributed by atoms with van der Waals surface area (Å²) in [6.07, 6.45) is -1.71. The quantitative estimate of drug-likeness (QED) is 0.640. The van der Waals surface area contributed by atoms with Gasteiger partial charge in [-0.2, -0.15) is 10.2 Å². The van der Waals surface area contributed by atoms with Gasteiger partial charge in [0.15, 0.2) is 11.6 Å². The van der Waals surface area contributed by atoms with Crippen LogP contribution in [0.15, 0.2) is 11.0 Å². The summed E-state index contributed by atoms with van der Waals surface area (Å²) in [7, 11) is 0. The number of hydrogen-bond acceptors (Lipinski definition) is 7. The van der Waals surface area contributed by atoms with Gasteiger partial charge >= 0.3 is 5.69 Å². The van der Waals surface area contributed by atoms with Crippen LogP contribution in [0.1, 0.15) is 19.1 Å². The first kappa shape index (κ1) is 14.4. The van der Waals surface area contributed by atoms with Crippen LogP contribution < -0.4 is 11.4 Å². The summed E-state index contributed by atoms with van der Waals surface area (Å²) in [5.74, 6) is -1.43. The summed E-state index contributed by atoms with van der Waals surface area (Å²) in [6.45, 7) is -0.599. The fourth-order valence-corrected chi connectivity index (χ4v) is 2.13. The molecule has 9 heteroatoms. The molecule has 0 bridgehead atoms. The highest BCUT2D eigenvalue weighted by atomic mass is 19.1. The first-order valence-electron chi connectivity index (χ1n) is 5.81. The van der Waals surface area contributed by atoms with Crippen LogP contribution in [0.3, 0.4) is 0 Å². The van der Waals surface area contributed by atoms with E-state index >= 15 is 0 Å². The molecule has 0 radical (unpaired) electrons. The highest BCUT2D eigenvalue weighted by molar-refractivity contribution is 5.26. The summed E-state index contributed by atoms with van der Waals surface area (Å²) >= 11 is 0. The van der Waals surface area contributed by atoms with E-state index in [0.717, 1.165) is 10.8 Å². The minimum atomic E-state index is -1.49. The second-order valence-corrected chi connectivity index (χ2v) is 4.55. The number of halogens is 1. The summed E-state index contributed by atoms with van der Waals surface area (Å²) in [6, 6.07) is 1.80. The van der Waals surface area contributed by atoms with Crippen LogP contribution in [0.5, 0.6) is 0 Å². The van der Waals surface area contributed by atoms with Gasteiger partial charge in [-0.1, -0.05) is 0 Å².